The molecule has 11 nitrogen and oxygen atoms in total. The molecule has 0 bridgehead atoms. The Morgan fingerprint density at radius 2 is 1.82 bits per heavy atom. The fourth-order valence-corrected chi connectivity index (χ4v) is 4.41. The van der Waals surface area contributed by atoms with Crippen LogP contribution in [0, 0.1) is 0 Å². The Balaban J connectivity index is 1.80. The molecule has 2 aromatic heterocycles. The highest BCUT2D eigenvalue weighted by Gasteiger charge is 2.18. The fourth-order valence-electron chi connectivity index (χ4n) is 4.41. The first-order valence-electron chi connectivity index (χ1n) is 14.2. The number of H-pyrrole nitrogens is 1. The van der Waals surface area contributed by atoms with Crippen LogP contribution in [0.5, 0.6) is 6.01 Å². The van der Waals surface area contributed by atoms with Gasteiger partial charge in [-0.05, 0) is 50.0 Å². The summed E-state index contributed by atoms with van der Waals surface area (Å²) in [6, 6.07) is 7.48. The number of ether oxygens (including phenoxy) is 2. The standard InChI is InChI=1S/C29H42N6O5/c1-5-8-17-40-28-32-26(30-23(36)15-10-9-11-16-34(6-2)7-3)25-27(33-28)35(29(38)31-25)20-22-14-12-13-21(18-22)19-24(37)39-4/h12-14,18H,5-11,15-17,19-20H2,1-4H3,(H,31,38)(H,30,32,33,36). The topological polar surface area (TPSA) is 131 Å². The SMILES string of the molecule is CCCCOc1nc(NC(=O)CCCCCN(CC)CC)c2[nH]c(=O)n(Cc3cccc(CC(=O)OC)c3)c2n1. The van der Waals surface area contributed by atoms with E-state index in [1.54, 1.807) is 0 Å². The number of aromatic nitrogens is 4. The number of benzene rings is 1. The lowest BCUT2D eigenvalue weighted by molar-refractivity contribution is -0.139. The van der Waals surface area contributed by atoms with Crippen molar-refractivity contribution in [2.75, 3.05) is 38.7 Å². The van der Waals surface area contributed by atoms with Gasteiger partial charge in [0.15, 0.2) is 11.5 Å². The molecule has 0 spiro atoms. The zero-order chi connectivity index (χ0) is 28.9. The fraction of sp³-hybridized carbons (Fsp3) is 0.552. The van der Waals surface area contributed by atoms with Gasteiger partial charge in [-0.3, -0.25) is 14.2 Å². The number of carbonyl (C=O) groups excluding carboxylic acids is 2. The summed E-state index contributed by atoms with van der Waals surface area (Å²) >= 11 is 0. The molecule has 40 heavy (non-hydrogen) atoms. The van der Waals surface area contributed by atoms with Crippen LogP contribution in [0.25, 0.3) is 11.2 Å². The number of nitrogens with zero attached hydrogens (tertiary/aromatic N) is 4. The molecule has 0 aliphatic heterocycles. The van der Waals surface area contributed by atoms with Gasteiger partial charge < -0.3 is 24.7 Å². The van der Waals surface area contributed by atoms with Crippen molar-refractivity contribution in [3.8, 4) is 6.01 Å². The zero-order valence-electron chi connectivity index (χ0n) is 24.1. The van der Waals surface area contributed by atoms with Crippen LogP contribution in [0.2, 0.25) is 0 Å². The molecule has 0 aliphatic rings. The highest BCUT2D eigenvalue weighted by atomic mass is 16.5. The minimum absolute atomic E-state index is 0.0997. The van der Waals surface area contributed by atoms with Crippen LogP contribution in [0.4, 0.5) is 5.82 Å². The third-order valence-electron chi connectivity index (χ3n) is 6.77. The Bertz CT molecular complexity index is 1310. The van der Waals surface area contributed by atoms with E-state index in [4.69, 9.17) is 9.47 Å². The van der Waals surface area contributed by atoms with Crippen molar-refractivity contribution in [2.45, 2.75) is 72.3 Å². The second-order valence-corrected chi connectivity index (χ2v) is 9.73. The van der Waals surface area contributed by atoms with E-state index in [1.165, 1.54) is 11.7 Å². The lowest BCUT2D eigenvalue weighted by Crippen LogP contribution is -2.23. The second kappa shape index (κ2) is 15.8. The van der Waals surface area contributed by atoms with Gasteiger partial charge in [0, 0.05) is 6.42 Å². The van der Waals surface area contributed by atoms with Crippen LogP contribution in [-0.2, 0) is 27.3 Å². The Morgan fingerprint density at radius 1 is 1.05 bits per heavy atom. The van der Waals surface area contributed by atoms with Gasteiger partial charge in [-0.2, -0.15) is 9.97 Å². The summed E-state index contributed by atoms with van der Waals surface area (Å²) in [6.07, 6.45) is 5.01. The quantitative estimate of drug-likeness (QED) is 0.190. The van der Waals surface area contributed by atoms with Crippen molar-refractivity contribution in [1.29, 1.82) is 0 Å². The average molecular weight is 555 g/mol. The van der Waals surface area contributed by atoms with E-state index in [9.17, 15) is 14.4 Å². The van der Waals surface area contributed by atoms with Gasteiger partial charge in [-0.1, -0.05) is 57.9 Å². The van der Waals surface area contributed by atoms with E-state index in [0.29, 0.717) is 24.2 Å². The minimum Gasteiger partial charge on any atom is -0.469 e. The summed E-state index contributed by atoms with van der Waals surface area (Å²) in [5.41, 5.74) is 1.88. The first-order valence-corrected chi connectivity index (χ1v) is 14.2. The minimum atomic E-state index is -0.389. The van der Waals surface area contributed by atoms with Crippen LogP contribution >= 0.6 is 0 Å². The summed E-state index contributed by atoms with van der Waals surface area (Å²) in [6.45, 7) is 10.1. The summed E-state index contributed by atoms with van der Waals surface area (Å²) in [5, 5.41) is 2.86. The van der Waals surface area contributed by atoms with E-state index in [1.807, 2.05) is 24.3 Å². The number of methoxy groups -OCH3 is 1. The molecule has 1 amide bonds. The summed E-state index contributed by atoms with van der Waals surface area (Å²) in [5.74, 6) is -0.293. The van der Waals surface area contributed by atoms with Crippen LogP contribution in [0.3, 0.4) is 0 Å². The van der Waals surface area contributed by atoms with Crippen molar-refractivity contribution in [2.24, 2.45) is 0 Å². The Morgan fingerprint density at radius 3 is 2.55 bits per heavy atom. The monoisotopic (exact) mass is 554 g/mol. The molecule has 0 fully saturated rings. The molecule has 0 unspecified atom stereocenters. The van der Waals surface area contributed by atoms with Gasteiger partial charge in [0.05, 0.1) is 26.7 Å². The Kier molecular flexibility index (Phi) is 12.1. The number of unbranched alkanes of at least 4 members (excludes halogenated alkanes) is 3. The highest BCUT2D eigenvalue weighted by Crippen LogP contribution is 2.22. The van der Waals surface area contributed by atoms with E-state index >= 15 is 0 Å². The van der Waals surface area contributed by atoms with E-state index in [-0.39, 0.29) is 42.4 Å². The molecule has 0 atom stereocenters. The first-order chi connectivity index (χ1) is 19.4. The molecule has 2 heterocycles. The maximum Gasteiger partial charge on any atom is 0.328 e. The Hall–Kier alpha value is -3.73. The molecule has 0 aliphatic carbocycles. The zero-order valence-corrected chi connectivity index (χ0v) is 24.1. The Labute approximate surface area is 235 Å². The van der Waals surface area contributed by atoms with Crippen LogP contribution < -0.4 is 15.7 Å². The number of carbonyl (C=O) groups is 2. The second-order valence-electron chi connectivity index (χ2n) is 9.73. The predicted octanol–water partition coefficient (Wildman–Crippen LogP) is 3.90. The number of nitrogens with one attached hydrogen (secondary N) is 2. The molecule has 0 saturated carbocycles. The van der Waals surface area contributed by atoms with Crippen molar-refractivity contribution in [1.82, 2.24) is 24.4 Å². The van der Waals surface area contributed by atoms with Gasteiger partial charge in [-0.25, -0.2) is 4.79 Å². The van der Waals surface area contributed by atoms with Crippen LogP contribution in [0.1, 0.15) is 70.4 Å². The van der Waals surface area contributed by atoms with E-state index < -0.39 is 0 Å². The third kappa shape index (κ3) is 8.90. The maximum atomic E-state index is 13.0. The van der Waals surface area contributed by atoms with Gasteiger partial charge in [0.25, 0.3) is 0 Å². The molecular weight excluding hydrogens is 512 g/mol. The normalized spacial score (nSPS) is 11.2. The molecule has 0 radical (unpaired) electrons. The molecule has 11 heteroatoms. The van der Waals surface area contributed by atoms with Gasteiger partial charge in [0.1, 0.15) is 5.52 Å². The molecular formula is C29H42N6O5. The molecule has 2 N–H and O–H groups in total. The summed E-state index contributed by atoms with van der Waals surface area (Å²) in [4.78, 5) is 51.6. The first kappa shape index (κ1) is 30.8. The van der Waals surface area contributed by atoms with Crippen molar-refractivity contribution < 1.29 is 19.1 Å². The summed E-state index contributed by atoms with van der Waals surface area (Å²) in [7, 11) is 1.35. The number of fused-ring (bicyclic) bond motifs is 1. The van der Waals surface area contributed by atoms with E-state index in [2.05, 4.69) is 45.9 Å². The number of anilines is 1. The van der Waals surface area contributed by atoms with Crippen molar-refractivity contribution in [3.05, 3.63) is 45.9 Å². The summed E-state index contributed by atoms with van der Waals surface area (Å²) < 4.78 is 12.0. The molecule has 1 aromatic carbocycles. The number of rotatable bonds is 17. The number of amides is 1. The number of hydrogen-bond donors (Lipinski definition) is 2. The molecule has 3 aromatic rings. The third-order valence-corrected chi connectivity index (χ3v) is 6.77. The van der Waals surface area contributed by atoms with Crippen molar-refractivity contribution >= 4 is 28.9 Å². The largest absolute Gasteiger partial charge is 0.469 e. The number of imidazole rings is 1. The lowest BCUT2D eigenvalue weighted by Gasteiger charge is -2.17. The lowest BCUT2D eigenvalue weighted by atomic mass is 10.1. The smallest absolute Gasteiger partial charge is 0.328 e. The maximum absolute atomic E-state index is 13.0. The van der Waals surface area contributed by atoms with Gasteiger partial charge >= 0.3 is 17.7 Å². The number of esters is 1. The number of hydrogen-bond acceptors (Lipinski definition) is 8. The van der Waals surface area contributed by atoms with Gasteiger partial charge in [0.2, 0.25) is 5.91 Å². The van der Waals surface area contributed by atoms with Gasteiger partial charge in [-0.15, -0.1) is 0 Å². The average Bonchev–Trinajstić information content (AvgIpc) is 3.26. The highest BCUT2D eigenvalue weighted by molar-refractivity contribution is 5.97. The van der Waals surface area contributed by atoms with Crippen LogP contribution in [-0.4, -0.2) is 69.6 Å². The molecule has 0 saturated heterocycles. The number of aromatic amines is 1. The van der Waals surface area contributed by atoms with Crippen molar-refractivity contribution in [3.63, 3.8) is 0 Å². The molecule has 218 valence electrons. The van der Waals surface area contributed by atoms with E-state index in [0.717, 1.165) is 62.9 Å². The predicted molar refractivity (Wildman–Crippen MR) is 155 cm³/mol. The molecule has 3 rings (SSSR count). The van der Waals surface area contributed by atoms with Crippen LogP contribution in [0.15, 0.2) is 29.1 Å².